The highest BCUT2D eigenvalue weighted by Gasteiger charge is 2.13. The number of hydrogen-bond donors (Lipinski definition) is 4. The molecule has 7 heteroatoms. The summed E-state index contributed by atoms with van der Waals surface area (Å²) in [5, 5.41) is 15.3. The highest BCUT2D eigenvalue weighted by Crippen LogP contribution is 1.80. The number of amides is 3. The van der Waals surface area contributed by atoms with Crippen molar-refractivity contribution >= 4 is 17.9 Å². The van der Waals surface area contributed by atoms with Gasteiger partial charge >= 0.3 is 12.0 Å². The summed E-state index contributed by atoms with van der Waals surface area (Å²) in [4.78, 5) is 32.3. The number of rotatable bonds is 5. The number of likely N-dealkylation sites (N-methyl/N-ethyl adjacent to an activating group) is 1. The van der Waals surface area contributed by atoms with Crippen molar-refractivity contribution in [3.63, 3.8) is 0 Å². The van der Waals surface area contributed by atoms with E-state index in [2.05, 4.69) is 16.0 Å². The van der Waals surface area contributed by atoms with Crippen LogP contribution in [-0.4, -0.2) is 42.1 Å². The number of carboxylic acid groups (broad SMARTS) is 1. The number of aliphatic carboxylic acids is 1. The lowest BCUT2D eigenvalue weighted by molar-refractivity contribution is -0.138. The van der Waals surface area contributed by atoms with Crippen LogP contribution in [0.5, 0.6) is 0 Å². The predicted molar refractivity (Wildman–Crippen MR) is 52.3 cm³/mol. The van der Waals surface area contributed by atoms with Gasteiger partial charge in [-0.25, -0.2) is 4.79 Å². The van der Waals surface area contributed by atoms with Crippen LogP contribution in [-0.2, 0) is 9.59 Å². The van der Waals surface area contributed by atoms with Crippen molar-refractivity contribution in [1.29, 1.82) is 0 Å². The van der Waals surface area contributed by atoms with Gasteiger partial charge in [0, 0.05) is 6.54 Å². The molecule has 0 aliphatic heterocycles. The molecule has 86 valence electrons. The van der Waals surface area contributed by atoms with Crippen molar-refractivity contribution in [1.82, 2.24) is 16.0 Å². The summed E-state index contributed by atoms with van der Waals surface area (Å²) in [5.41, 5.74) is 0. The van der Waals surface area contributed by atoms with E-state index in [1.807, 2.05) is 0 Å². The number of carbonyl (C=O) groups excluding carboxylic acids is 2. The fraction of sp³-hybridized carbons (Fsp3) is 0.625. The Hall–Kier alpha value is -1.79. The molecular weight excluding hydrogens is 202 g/mol. The van der Waals surface area contributed by atoms with Gasteiger partial charge in [0.05, 0.1) is 6.54 Å². The van der Waals surface area contributed by atoms with E-state index in [-0.39, 0.29) is 12.5 Å². The molecule has 1 atom stereocenters. The minimum Gasteiger partial charge on any atom is -0.480 e. The van der Waals surface area contributed by atoms with Crippen molar-refractivity contribution in [3.8, 4) is 0 Å². The predicted octanol–water partition coefficient (Wildman–Crippen LogP) is -1.11. The van der Waals surface area contributed by atoms with Crippen LogP contribution in [0.1, 0.15) is 13.8 Å². The van der Waals surface area contributed by atoms with Crippen LogP contribution in [0.2, 0.25) is 0 Å². The lowest BCUT2D eigenvalue weighted by Crippen LogP contribution is -2.47. The van der Waals surface area contributed by atoms with Crippen molar-refractivity contribution in [3.05, 3.63) is 0 Å². The molecule has 15 heavy (non-hydrogen) atoms. The third-order valence-electron chi connectivity index (χ3n) is 1.50. The molecule has 0 spiro atoms. The van der Waals surface area contributed by atoms with Gasteiger partial charge < -0.3 is 21.1 Å². The number of carbonyl (C=O) groups is 3. The first-order chi connectivity index (χ1) is 6.97. The first-order valence-corrected chi connectivity index (χ1v) is 4.51. The summed E-state index contributed by atoms with van der Waals surface area (Å²) < 4.78 is 0. The Bertz CT molecular complexity index is 254. The van der Waals surface area contributed by atoms with E-state index < -0.39 is 18.0 Å². The molecular formula is C8H15N3O4. The fourth-order valence-corrected chi connectivity index (χ4v) is 0.730. The maximum atomic E-state index is 11.0. The van der Waals surface area contributed by atoms with E-state index in [4.69, 9.17) is 5.11 Å². The number of urea groups is 1. The van der Waals surface area contributed by atoms with Crippen LogP contribution in [0.3, 0.4) is 0 Å². The van der Waals surface area contributed by atoms with Crippen LogP contribution in [0.25, 0.3) is 0 Å². The van der Waals surface area contributed by atoms with E-state index in [9.17, 15) is 14.4 Å². The van der Waals surface area contributed by atoms with Gasteiger partial charge in [0.15, 0.2) is 0 Å². The second kappa shape index (κ2) is 6.63. The van der Waals surface area contributed by atoms with Gasteiger partial charge in [0.2, 0.25) is 5.91 Å². The zero-order valence-corrected chi connectivity index (χ0v) is 8.66. The molecule has 0 heterocycles. The first-order valence-electron chi connectivity index (χ1n) is 4.51. The molecule has 4 N–H and O–H groups in total. The summed E-state index contributed by atoms with van der Waals surface area (Å²) in [5.74, 6) is -1.46. The molecule has 0 rings (SSSR count). The Labute approximate surface area is 87.2 Å². The first kappa shape index (κ1) is 13.2. The maximum Gasteiger partial charge on any atom is 0.325 e. The Kier molecular flexibility index (Phi) is 5.84. The lowest BCUT2D eigenvalue weighted by Gasteiger charge is -2.10. The third-order valence-corrected chi connectivity index (χ3v) is 1.50. The van der Waals surface area contributed by atoms with Gasteiger partial charge in [-0.1, -0.05) is 0 Å². The second-order valence-electron chi connectivity index (χ2n) is 2.84. The van der Waals surface area contributed by atoms with Gasteiger partial charge in [0.1, 0.15) is 6.04 Å². The average molecular weight is 217 g/mol. The fourth-order valence-electron chi connectivity index (χ4n) is 0.730. The van der Waals surface area contributed by atoms with Crippen LogP contribution >= 0.6 is 0 Å². The van der Waals surface area contributed by atoms with Crippen LogP contribution in [0, 0.1) is 0 Å². The minimum absolute atomic E-state index is 0.175. The number of nitrogens with one attached hydrogen (secondary N) is 3. The molecule has 1 unspecified atom stereocenters. The molecule has 0 aromatic heterocycles. The molecule has 3 amide bonds. The van der Waals surface area contributed by atoms with Crippen LogP contribution in [0.4, 0.5) is 4.79 Å². The Morgan fingerprint density at radius 2 is 1.87 bits per heavy atom. The molecule has 0 aliphatic carbocycles. The molecule has 0 bridgehead atoms. The summed E-state index contributed by atoms with van der Waals surface area (Å²) in [7, 11) is 0. The maximum absolute atomic E-state index is 11.0. The van der Waals surface area contributed by atoms with Crippen molar-refractivity contribution < 1.29 is 19.5 Å². The van der Waals surface area contributed by atoms with Gasteiger partial charge in [-0.3, -0.25) is 9.59 Å². The highest BCUT2D eigenvalue weighted by atomic mass is 16.4. The van der Waals surface area contributed by atoms with Gasteiger partial charge in [-0.2, -0.15) is 0 Å². The van der Waals surface area contributed by atoms with E-state index in [0.717, 1.165) is 0 Å². The smallest absolute Gasteiger partial charge is 0.325 e. The van der Waals surface area contributed by atoms with Gasteiger partial charge in [-0.05, 0) is 13.8 Å². The molecule has 0 fully saturated rings. The molecule has 0 saturated carbocycles. The molecule has 0 aromatic carbocycles. The largest absolute Gasteiger partial charge is 0.480 e. The Morgan fingerprint density at radius 1 is 1.27 bits per heavy atom. The highest BCUT2D eigenvalue weighted by molar-refractivity contribution is 5.86. The van der Waals surface area contributed by atoms with Gasteiger partial charge in [-0.15, -0.1) is 0 Å². The quantitative estimate of drug-likeness (QED) is 0.468. The SMILES string of the molecule is CCNC(=O)CNC(=O)NC(C)C(=O)O. The monoisotopic (exact) mass is 217 g/mol. The average Bonchev–Trinajstić information content (AvgIpc) is 2.15. The zero-order valence-electron chi connectivity index (χ0n) is 8.66. The topological polar surface area (TPSA) is 108 Å². The van der Waals surface area contributed by atoms with Crippen molar-refractivity contribution in [2.45, 2.75) is 19.9 Å². The second-order valence-corrected chi connectivity index (χ2v) is 2.84. The number of hydrogen-bond acceptors (Lipinski definition) is 3. The molecule has 0 aliphatic rings. The van der Waals surface area contributed by atoms with E-state index in [0.29, 0.717) is 6.54 Å². The standard InChI is InChI=1S/C8H15N3O4/c1-3-9-6(12)4-10-8(15)11-5(2)7(13)14/h5H,3-4H2,1-2H3,(H,9,12)(H,13,14)(H2,10,11,15). The normalized spacial score (nSPS) is 11.3. The summed E-state index contributed by atoms with van der Waals surface area (Å²) >= 11 is 0. The van der Waals surface area contributed by atoms with E-state index in [1.165, 1.54) is 6.92 Å². The third kappa shape index (κ3) is 6.30. The minimum atomic E-state index is -1.14. The Balaban J connectivity index is 3.75. The van der Waals surface area contributed by atoms with Crippen molar-refractivity contribution in [2.75, 3.05) is 13.1 Å². The van der Waals surface area contributed by atoms with E-state index in [1.54, 1.807) is 6.92 Å². The number of carboxylic acids is 1. The summed E-state index contributed by atoms with van der Waals surface area (Å²) in [6.45, 7) is 3.39. The molecule has 0 saturated heterocycles. The van der Waals surface area contributed by atoms with Crippen molar-refractivity contribution in [2.24, 2.45) is 0 Å². The molecule has 0 radical (unpaired) electrons. The molecule has 7 nitrogen and oxygen atoms in total. The Morgan fingerprint density at radius 3 is 2.33 bits per heavy atom. The van der Waals surface area contributed by atoms with E-state index >= 15 is 0 Å². The van der Waals surface area contributed by atoms with Crippen LogP contribution in [0.15, 0.2) is 0 Å². The van der Waals surface area contributed by atoms with Gasteiger partial charge in [0.25, 0.3) is 0 Å². The van der Waals surface area contributed by atoms with Crippen LogP contribution < -0.4 is 16.0 Å². The summed E-state index contributed by atoms with van der Waals surface area (Å²) in [6, 6.07) is -1.67. The zero-order chi connectivity index (χ0) is 11.8. The molecule has 0 aromatic rings. The summed E-state index contributed by atoms with van der Waals surface area (Å²) in [6.07, 6.45) is 0. The lowest BCUT2D eigenvalue weighted by atomic mass is 10.3.